The lowest BCUT2D eigenvalue weighted by molar-refractivity contribution is -0.969. The molecule has 0 saturated carbocycles. The summed E-state index contributed by atoms with van der Waals surface area (Å²) >= 11 is 0. The number of carbonyl (C=O) groups excluding carboxylic acids is 1. The smallest absolute Gasteiger partial charge is 0.465 e. The first-order valence-electron chi connectivity index (χ1n) is 5.92. The summed E-state index contributed by atoms with van der Waals surface area (Å²) in [6.45, 7) is 2.59. The number of carbonyl (C=O) groups is 1. The number of nitrogens with zero attached hydrogens (tertiary/aromatic N) is 3. The summed E-state index contributed by atoms with van der Waals surface area (Å²) < 4.78 is 7.08. The molecule has 0 aliphatic carbocycles. The number of aryl methyl sites for hydroxylation is 1. The lowest BCUT2D eigenvalue weighted by Gasteiger charge is -2.12. The summed E-state index contributed by atoms with van der Waals surface area (Å²) in [6.07, 6.45) is 5.38. The van der Waals surface area contributed by atoms with Crippen molar-refractivity contribution in [1.29, 1.82) is 0 Å². The standard InChI is InChI=1S/C11H16N2O2.H2NO3/c1-3-10-8(6-15-11(10)14)4-9-5-12-7-13(9)2;2-1(3)4/h5,7-8,10H,3-4,6H2,1-2H3;(H2,2,3,4)/q;+1. The molecule has 1 aromatic heterocycles. The molecule has 1 saturated heterocycles. The number of esters is 1. The zero-order valence-corrected chi connectivity index (χ0v) is 10.9. The Kier molecular flexibility index (Phi) is 5.28. The highest BCUT2D eigenvalue weighted by atomic mass is 16.9. The molecule has 19 heavy (non-hydrogen) atoms. The van der Waals surface area contributed by atoms with Gasteiger partial charge in [0.05, 0.1) is 18.9 Å². The van der Waals surface area contributed by atoms with Gasteiger partial charge in [-0.1, -0.05) is 6.92 Å². The van der Waals surface area contributed by atoms with E-state index in [4.69, 9.17) is 20.1 Å². The van der Waals surface area contributed by atoms with Gasteiger partial charge in [0, 0.05) is 24.9 Å². The molecule has 1 aromatic rings. The van der Waals surface area contributed by atoms with Crippen molar-refractivity contribution in [3.8, 4) is 0 Å². The van der Waals surface area contributed by atoms with Gasteiger partial charge >= 0.3 is 11.1 Å². The first-order valence-corrected chi connectivity index (χ1v) is 5.92. The molecule has 1 fully saturated rings. The Morgan fingerprint density at radius 2 is 2.21 bits per heavy atom. The van der Waals surface area contributed by atoms with Crippen molar-refractivity contribution in [2.75, 3.05) is 6.61 Å². The van der Waals surface area contributed by atoms with E-state index < -0.39 is 5.09 Å². The number of cyclic esters (lactones) is 1. The topological polar surface area (TPSA) is 105 Å². The van der Waals surface area contributed by atoms with E-state index in [1.165, 1.54) is 0 Å². The summed E-state index contributed by atoms with van der Waals surface area (Å²) in [5.74, 6) is 0.350. The Morgan fingerprint density at radius 1 is 1.58 bits per heavy atom. The molecule has 1 aliphatic heterocycles. The molecule has 8 nitrogen and oxygen atoms in total. The van der Waals surface area contributed by atoms with Crippen molar-refractivity contribution in [3.05, 3.63) is 23.1 Å². The highest BCUT2D eigenvalue weighted by molar-refractivity contribution is 5.74. The molecule has 106 valence electrons. The number of rotatable bonds is 3. The second-order valence-corrected chi connectivity index (χ2v) is 4.36. The summed E-state index contributed by atoms with van der Waals surface area (Å²) in [7, 11) is 1.97. The van der Waals surface area contributed by atoms with Gasteiger partial charge in [-0.05, 0) is 12.8 Å². The summed E-state index contributed by atoms with van der Waals surface area (Å²) in [6, 6.07) is 0. The molecule has 0 aromatic carbocycles. The van der Waals surface area contributed by atoms with E-state index >= 15 is 0 Å². The van der Waals surface area contributed by atoms with Crippen molar-refractivity contribution < 1.29 is 25.0 Å². The fourth-order valence-electron chi connectivity index (χ4n) is 2.16. The van der Waals surface area contributed by atoms with Gasteiger partial charge in [0.2, 0.25) is 0 Å². The summed E-state index contributed by atoms with van der Waals surface area (Å²) in [4.78, 5) is 23.9. The molecular formula is C11H18N3O5+. The van der Waals surface area contributed by atoms with Crippen molar-refractivity contribution >= 4 is 5.97 Å². The van der Waals surface area contributed by atoms with Crippen LogP contribution in [0.5, 0.6) is 0 Å². The zero-order valence-electron chi connectivity index (χ0n) is 10.9. The number of ether oxygens (including phenoxy) is 1. The van der Waals surface area contributed by atoms with Crippen LogP contribution in [0.25, 0.3) is 0 Å². The molecule has 2 heterocycles. The number of hydrogen-bond donors (Lipinski definition) is 2. The molecule has 8 heteroatoms. The Hall–Kier alpha value is -2.12. The van der Waals surface area contributed by atoms with Crippen LogP contribution in [0.1, 0.15) is 19.0 Å². The molecule has 0 spiro atoms. The Labute approximate surface area is 110 Å². The van der Waals surface area contributed by atoms with Gasteiger partial charge in [-0.15, -0.1) is 0 Å². The normalized spacial score (nSPS) is 21.5. The third-order valence-corrected chi connectivity index (χ3v) is 3.14. The summed E-state index contributed by atoms with van der Waals surface area (Å²) in [5.41, 5.74) is 1.16. The maximum Gasteiger partial charge on any atom is 0.472 e. The van der Waals surface area contributed by atoms with Crippen LogP contribution in [0, 0.1) is 16.7 Å². The average molecular weight is 272 g/mol. The number of hydrogen-bond acceptors (Lipinski definition) is 4. The highest BCUT2D eigenvalue weighted by Gasteiger charge is 2.35. The van der Waals surface area contributed by atoms with E-state index in [0.717, 1.165) is 18.5 Å². The molecule has 0 bridgehead atoms. The van der Waals surface area contributed by atoms with E-state index in [-0.39, 0.29) is 11.9 Å². The zero-order chi connectivity index (χ0) is 14.4. The third-order valence-electron chi connectivity index (χ3n) is 3.14. The molecule has 2 atom stereocenters. The van der Waals surface area contributed by atoms with Crippen LogP contribution >= 0.6 is 0 Å². The Morgan fingerprint density at radius 3 is 2.68 bits per heavy atom. The van der Waals surface area contributed by atoms with Gasteiger partial charge in [-0.25, -0.2) is 15.4 Å². The molecule has 1 aliphatic rings. The highest BCUT2D eigenvalue weighted by Crippen LogP contribution is 2.27. The predicted molar refractivity (Wildman–Crippen MR) is 62.3 cm³/mol. The van der Waals surface area contributed by atoms with Gasteiger partial charge in [0.25, 0.3) is 0 Å². The van der Waals surface area contributed by atoms with Gasteiger partial charge in [-0.3, -0.25) is 4.79 Å². The monoisotopic (exact) mass is 272 g/mol. The maximum atomic E-state index is 11.4. The second kappa shape index (κ2) is 6.72. The van der Waals surface area contributed by atoms with Crippen molar-refractivity contribution in [3.63, 3.8) is 0 Å². The van der Waals surface area contributed by atoms with E-state index in [9.17, 15) is 4.79 Å². The number of aromatic nitrogens is 2. The maximum absolute atomic E-state index is 11.4. The van der Waals surface area contributed by atoms with Crippen LogP contribution in [0.3, 0.4) is 0 Å². The Bertz CT molecular complexity index is 441. The number of imidazole rings is 1. The molecular weight excluding hydrogens is 254 g/mol. The average Bonchev–Trinajstić information content (AvgIpc) is 2.86. The van der Waals surface area contributed by atoms with Crippen LogP contribution in [0.4, 0.5) is 0 Å². The van der Waals surface area contributed by atoms with Gasteiger partial charge < -0.3 is 9.30 Å². The first kappa shape index (κ1) is 14.9. The van der Waals surface area contributed by atoms with Crippen LogP contribution in [0.2, 0.25) is 0 Å². The Balaban J connectivity index is 0.000000399. The lowest BCUT2D eigenvalue weighted by atomic mass is 9.89. The second-order valence-electron chi connectivity index (χ2n) is 4.36. The molecule has 2 unspecified atom stereocenters. The van der Waals surface area contributed by atoms with Crippen LogP contribution in [-0.2, 0) is 23.0 Å². The van der Waals surface area contributed by atoms with Crippen LogP contribution < -0.4 is 0 Å². The van der Waals surface area contributed by atoms with Gasteiger partial charge in [0.15, 0.2) is 0 Å². The van der Waals surface area contributed by atoms with E-state index in [2.05, 4.69) is 4.98 Å². The fourth-order valence-corrected chi connectivity index (χ4v) is 2.16. The first-order chi connectivity index (χ1) is 8.95. The van der Waals surface area contributed by atoms with E-state index in [1.54, 1.807) is 6.33 Å². The molecule has 0 radical (unpaired) electrons. The molecule has 0 amide bonds. The SMILES string of the molecule is CCC1C(=O)OCC1Cc1cncn1C.O=[N+](O)O. The van der Waals surface area contributed by atoms with Crippen LogP contribution in [-0.4, -0.2) is 37.6 Å². The lowest BCUT2D eigenvalue weighted by Crippen LogP contribution is -2.18. The minimum Gasteiger partial charge on any atom is -0.465 e. The van der Waals surface area contributed by atoms with Gasteiger partial charge in [-0.2, -0.15) is 0 Å². The minimum atomic E-state index is -1.25. The largest absolute Gasteiger partial charge is 0.472 e. The molecule has 2 N–H and O–H groups in total. The van der Waals surface area contributed by atoms with Crippen molar-refractivity contribution in [2.24, 2.45) is 18.9 Å². The van der Waals surface area contributed by atoms with Gasteiger partial charge in [0.1, 0.15) is 4.91 Å². The predicted octanol–water partition coefficient (Wildman–Crippen LogP) is 0.706. The quantitative estimate of drug-likeness (QED) is 0.620. The van der Waals surface area contributed by atoms with Crippen molar-refractivity contribution in [2.45, 2.75) is 19.8 Å². The van der Waals surface area contributed by atoms with Crippen LogP contribution in [0.15, 0.2) is 12.5 Å². The fraction of sp³-hybridized carbons (Fsp3) is 0.636. The van der Waals surface area contributed by atoms with Crippen molar-refractivity contribution in [1.82, 2.24) is 9.55 Å². The third kappa shape index (κ3) is 4.23. The van der Waals surface area contributed by atoms with E-state index in [0.29, 0.717) is 12.5 Å². The molecule has 2 rings (SSSR count). The summed E-state index contributed by atoms with van der Waals surface area (Å²) in [5, 5.41) is 12.5. The van der Waals surface area contributed by atoms with E-state index in [1.807, 2.05) is 24.7 Å². The minimum absolute atomic E-state index is 0.0373.